The van der Waals surface area contributed by atoms with Gasteiger partial charge in [0.25, 0.3) is 5.91 Å². The lowest BCUT2D eigenvalue weighted by Gasteiger charge is -2.09. The summed E-state index contributed by atoms with van der Waals surface area (Å²) in [5.74, 6) is -0.411. The van der Waals surface area contributed by atoms with Crippen molar-refractivity contribution in [2.75, 3.05) is 12.9 Å². The van der Waals surface area contributed by atoms with Gasteiger partial charge in [-0.1, -0.05) is 35.9 Å². The van der Waals surface area contributed by atoms with E-state index >= 15 is 0 Å². The van der Waals surface area contributed by atoms with Crippen molar-refractivity contribution < 1.29 is 18.3 Å². The molecule has 1 atom stereocenters. The number of carbonyl (C=O) groups is 1. The third kappa shape index (κ3) is 5.07. The molecule has 0 saturated carbocycles. The standard InChI is InChI=1S/C24H22ClN3O4S2/c1-15(14-29)26-24(30)19-13-21(28(27-19)20-9-4-3-8-18(20)25)23-11-10-22(33-23)16-6-5-7-17(12-16)34(2,31)32/h3-13,15,29H,14H2,1-2H3,(H,26,30). The summed E-state index contributed by atoms with van der Waals surface area (Å²) in [4.78, 5) is 14.6. The van der Waals surface area contributed by atoms with Gasteiger partial charge in [0.1, 0.15) is 0 Å². The first-order chi connectivity index (χ1) is 16.2. The molecule has 0 aliphatic heterocycles. The van der Waals surface area contributed by atoms with E-state index in [2.05, 4.69) is 10.4 Å². The van der Waals surface area contributed by atoms with Crippen molar-refractivity contribution in [2.45, 2.75) is 17.9 Å². The van der Waals surface area contributed by atoms with Crippen molar-refractivity contribution in [1.82, 2.24) is 15.1 Å². The number of nitrogens with one attached hydrogen (secondary N) is 1. The molecule has 34 heavy (non-hydrogen) atoms. The molecule has 4 rings (SSSR count). The molecule has 2 N–H and O–H groups in total. The number of halogens is 1. The minimum Gasteiger partial charge on any atom is -0.394 e. The van der Waals surface area contributed by atoms with Gasteiger partial charge in [-0.15, -0.1) is 11.3 Å². The molecule has 2 aromatic heterocycles. The van der Waals surface area contributed by atoms with Gasteiger partial charge in [-0.05, 0) is 55.0 Å². The molecular weight excluding hydrogens is 494 g/mol. The zero-order valence-corrected chi connectivity index (χ0v) is 20.8. The Kier molecular flexibility index (Phi) is 6.90. The van der Waals surface area contributed by atoms with E-state index in [-0.39, 0.29) is 17.2 Å². The first kappa shape index (κ1) is 24.2. The molecule has 10 heteroatoms. The Morgan fingerprint density at radius 3 is 2.56 bits per heavy atom. The van der Waals surface area contributed by atoms with Crippen molar-refractivity contribution in [3.63, 3.8) is 0 Å². The summed E-state index contributed by atoms with van der Waals surface area (Å²) in [5.41, 5.74) is 2.23. The highest BCUT2D eigenvalue weighted by molar-refractivity contribution is 7.90. The number of hydrogen-bond acceptors (Lipinski definition) is 6. The van der Waals surface area contributed by atoms with Crippen LogP contribution in [0.1, 0.15) is 17.4 Å². The van der Waals surface area contributed by atoms with Gasteiger partial charge in [0.05, 0.1) is 32.8 Å². The largest absolute Gasteiger partial charge is 0.394 e. The van der Waals surface area contributed by atoms with Gasteiger partial charge < -0.3 is 10.4 Å². The Hall–Kier alpha value is -2.98. The van der Waals surface area contributed by atoms with Crippen LogP contribution >= 0.6 is 22.9 Å². The smallest absolute Gasteiger partial charge is 0.272 e. The normalized spacial score (nSPS) is 12.5. The molecule has 4 aromatic rings. The molecule has 2 aromatic carbocycles. The number of aliphatic hydroxyl groups excluding tert-OH is 1. The topological polar surface area (TPSA) is 101 Å². The molecule has 1 unspecified atom stereocenters. The maximum atomic E-state index is 12.7. The summed E-state index contributed by atoms with van der Waals surface area (Å²) in [6, 6.07) is 19.0. The van der Waals surface area contributed by atoms with Crippen LogP contribution in [-0.4, -0.2) is 48.1 Å². The zero-order chi connectivity index (χ0) is 24.5. The Labute approximate surface area is 206 Å². The van der Waals surface area contributed by atoms with Crippen LogP contribution in [0.2, 0.25) is 5.02 Å². The predicted molar refractivity (Wildman–Crippen MR) is 134 cm³/mol. The van der Waals surface area contributed by atoms with Crippen LogP contribution in [0.3, 0.4) is 0 Å². The van der Waals surface area contributed by atoms with Gasteiger partial charge >= 0.3 is 0 Å². The number of hydrogen-bond donors (Lipinski definition) is 2. The monoisotopic (exact) mass is 515 g/mol. The maximum absolute atomic E-state index is 12.7. The molecular formula is C24H22ClN3O4S2. The van der Waals surface area contributed by atoms with Crippen LogP contribution in [0.5, 0.6) is 0 Å². The van der Waals surface area contributed by atoms with Crippen molar-refractivity contribution in [1.29, 1.82) is 0 Å². The number of carbonyl (C=O) groups excluding carboxylic acids is 1. The summed E-state index contributed by atoms with van der Waals surface area (Å²) in [7, 11) is -3.33. The third-order valence-corrected chi connectivity index (χ3v) is 7.67. The zero-order valence-electron chi connectivity index (χ0n) is 18.4. The van der Waals surface area contributed by atoms with Crippen LogP contribution in [0.4, 0.5) is 0 Å². The number of sulfone groups is 1. The van der Waals surface area contributed by atoms with Crippen LogP contribution in [0.25, 0.3) is 26.7 Å². The van der Waals surface area contributed by atoms with E-state index in [4.69, 9.17) is 11.6 Å². The van der Waals surface area contributed by atoms with E-state index < -0.39 is 21.8 Å². The number of para-hydroxylation sites is 1. The molecule has 7 nitrogen and oxygen atoms in total. The third-order valence-electron chi connectivity index (χ3n) is 5.08. The van der Waals surface area contributed by atoms with Crippen LogP contribution < -0.4 is 5.32 Å². The molecule has 0 aliphatic carbocycles. The first-order valence-corrected chi connectivity index (χ1v) is 13.4. The summed E-state index contributed by atoms with van der Waals surface area (Å²) < 4.78 is 25.5. The van der Waals surface area contributed by atoms with Crippen LogP contribution in [-0.2, 0) is 9.84 Å². The first-order valence-electron chi connectivity index (χ1n) is 10.3. The number of rotatable bonds is 7. The summed E-state index contributed by atoms with van der Waals surface area (Å²) in [6.07, 6.45) is 1.18. The molecule has 0 bridgehead atoms. The number of amides is 1. The number of benzene rings is 2. The molecule has 0 radical (unpaired) electrons. The van der Waals surface area contributed by atoms with E-state index in [1.807, 2.05) is 30.3 Å². The number of aliphatic hydroxyl groups is 1. The number of nitrogens with zero attached hydrogens (tertiary/aromatic N) is 2. The summed E-state index contributed by atoms with van der Waals surface area (Å²) in [6.45, 7) is 1.50. The van der Waals surface area contributed by atoms with Gasteiger partial charge in [-0.2, -0.15) is 5.10 Å². The minimum absolute atomic E-state index is 0.184. The van der Waals surface area contributed by atoms with Crippen molar-refractivity contribution in [3.05, 3.63) is 77.4 Å². The molecule has 0 aliphatic rings. The van der Waals surface area contributed by atoms with Crippen LogP contribution in [0.15, 0.2) is 71.6 Å². The molecule has 0 fully saturated rings. The quantitative estimate of drug-likeness (QED) is 0.379. The van der Waals surface area contributed by atoms with Gasteiger partial charge in [0, 0.05) is 17.2 Å². The second kappa shape index (κ2) is 9.71. The van der Waals surface area contributed by atoms with Crippen molar-refractivity contribution in [2.24, 2.45) is 0 Å². The predicted octanol–water partition coefficient (Wildman–Crippen LogP) is 4.44. The van der Waals surface area contributed by atoms with Gasteiger partial charge in [-0.3, -0.25) is 4.79 Å². The van der Waals surface area contributed by atoms with E-state index in [1.54, 1.807) is 48.0 Å². The van der Waals surface area contributed by atoms with Crippen molar-refractivity contribution >= 4 is 38.7 Å². The molecule has 2 heterocycles. The fraction of sp³-hybridized carbons (Fsp3) is 0.167. The fourth-order valence-corrected chi connectivity index (χ4v) is 5.22. The molecule has 1 amide bonds. The Balaban J connectivity index is 1.79. The summed E-state index contributed by atoms with van der Waals surface area (Å²) >= 11 is 7.87. The van der Waals surface area contributed by atoms with E-state index in [1.165, 1.54) is 17.6 Å². The minimum atomic E-state index is -3.33. The Morgan fingerprint density at radius 2 is 1.85 bits per heavy atom. The highest BCUT2D eigenvalue weighted by Crippen LogP contribution is 2.37. The van der Waals surface area contributed by atoms with E-state index in [9.17, 15) is 18.3 Å². The summed E-state index contributed by atoms with van der Waals surface area (Å²) in [5, 5.41) is 16.9. The molecule has 0 saturated heterocycles. The van der Waals surface area contributed by atoms with E-state index in [0.29, 0.717) is 16.4 Å². The van der Waals surface area contributed by atoms with Crippen molar-refractivity contribution in [3.8, 4) is 26.7 Å². The van der Waals surface area contributed by atoms with Gasteiger partial charge in [0.15, 0.2) is 15.5 Å². The Bertz CT molecular complexity index is 1460. The molecule has 176 valence electrons. The lowest BCUT2D eigenvalue weighted by Crippen LogP contribution is -2.35. The average Bonchev–Trinajstić information content (AvgIpc) is 3.46. The molecule has 0 spiro atoms. The van der Waals surface area contributed by atoms with Crippen LogP contribution in [0, 0.1) is 0 Å². The van der Waals surface area contributed by atoms with Gasteiger partial charge in [0.2, 0.25) is 0 Å². The number of thiophene rings is 1. The maximum Gasteiger partial charge on any atom is 0.272 e. The second-order valence-corrected chi connectivity index (χ2v) is 11.3. The SMILES string of the molecule is CC(CO)NC(=O)c1cc(-c2ccc(-c3cccc(S(C)(=O)=O)c3)s2)n(-c2ccccc2Cl)n1. The lowest BCUT2D eigenvalue weighted by atomic mass is 10.2. The fourth-order valence-electron chi connectivity index (χ4n) is 3.33. The van der Waals surface area contributed by atoms with Gasteiger partial charge in [-0.25, -0.2) is 13.1 Å². The Morgan fingerprint density at radius 1 is 1.12 bits per heavy atom. The number of aromatic nitrogens is 2. The lowest BCUT2D eigenvalue weighted by molar-refractivity contribution is 0.0917. The highest BCUT2D eigenvalue weighted by atomic mass is 35.5. The highest BCUT2D eigenvalue weighted by Gasteiger charge is 2.20. The average molecular weight is 516 g/mol. The van der Waals surface area contributed by atoms with E-state index in [0.717, 1.165) is 15.3 Å². The second-order valence-electron chi connectivity index (χ2n) is 7.80.